The van der Waals surface area contributed by atoms with Crippen LogP contribution in [0.4, 0.5) is 17.6 Å². The highest BCUT2D eigenvalue weighted by atomic mass is 19.1. The Morgan fingerprint density at radius 3 is 0.882 bits per heavy atom. The summed E-state index contributed by atoms with van der Waals surface area (Å²) in [5.41, 5.74) is -2.28. The Kier molecular flexibility index (Phi) is 3.15. The topological polar surface area (TPSA) is 92.3 Å². The Morgan fingerprint density at radius 1 is 0.412 bits per heavy atom. The van der Waals surface area contributed by atoms with Crippen molar-refractivity contribution in [2.45, 2.75) is 0 Å². The van der Waals surface area contributed by atoms with Gasteiger partial charge in [0.2, 0.25) is 0 Å². The van der Waals surface area contributed by atoms with Gasteiger partial charge < -0.3 is 0 Å². The Bertz CT molecular complexity index is 1660. The summed E-state index contributed by atoms with van der Waals surface area (Å²) in [6.45, 7) is 0. The number of hydrogen-bond acceptors (Lipinski definition) is 4. The van der Waals surface area contributed by atoms with E-state index in [9.17, 15) is 19.2 Å². The van der Waals surface area contributed by atoms with E-state index in [1.54, 1.807) is 0 Å². The first-order valence-electron chi connectivity index (χ1n) is 9.88. The molecule has 0 spiro atoms. The fourth-order valence-corrected chi connectivity index (χ4v) is 5.33. The predicted octanol–water partition coefficient (Wildman–Crippen LogP) is 4.06. The summed E-state index contributed by atoms with van der Waals surface area (Å²) >= 11 is 0. The van der Waals surface area contributed by atoms with Crippen LogP contribution in [0.25, 0.3) is 43.1 Å². The van der Waals surface area contributed by atoms with Crippen LogP contribution < -0.4 is 10.6 Å². The maximum absolute atomic E-state index is 15.2. The molecule has 0 unspecified atom stereocenters. The lowest BCUT2D eigenvalue weighted by Gasteiger charge is -2.24. The molecule has 4 amide bonds. The second-order valence-electron chi connectivity index (χ2n) is 8.19. The maximum Gasteiger partial charge on any atom is 0.261 e. The van der Waals surface area contributed by atoms with Gasteiger partial charge in [-0.05, 0) is 56.6 Å². The average molecular weight is 462 g/mol. The van der Waals surface area contributed by atoms with Crippen LogP contribution in [0.15, 0.2) is 24.3 Å². The largest absolute Gasteiger partial charge is 0.288 e. The lowest BCUT2D eigenvalue weighted by molar-refractivity contribution is 0.0823. The normalized spacial score (nSPS) is 15.2. The molecule has 0 radical (unpaired) electrons. The van der Waals surface area contributed by atoms with Crippen molar-refractivity contribution in [3.05, 3.63) is 69.8 Å². The minimum Gasteiger partial charge on any atom is -0.288 e. The van der Waals surface area contributed by atoms with Crippen LogP contribution in [0.3, 0.4) is 0 Å². The van der Waals surface area contributed by atoms with E-state index in [0.29, 0.717) is 0 Å². The number of carbonyl (C=O) groups is 4. The highest BCUT2D eigenvalue weighted by Gasteiger charge is 2.36. The number of benzene rings is 5. The molecule has 5 aromatic carbocycles. The van der Waals surface area contributed by atoms with Crippen molar-refractivity contribution in [1.82, 2.24) is 10.6 Å². The Morgan fingerprint density at radius 2 is 0.647 bits per heavy atom. The summed E-state index contributed by atoms with van der Waals surface area (Å²) in [5.74, 6) is -8.65. The van der Waals surface area contributed by atoms with E-state index in [2.05, 4.69) is 0 Å². The molecule has 164 valence electrons. The number of imide groups is 2. The molecule has 5 aromatic rings. The zero-order valence-electron chi connectivity index (χ0n) is 16.5. The number of amides is 4. The lowest BCUT2D eigenvalue weighted by atomic mass is 9.82. The number of carbonyl (C=O) groups excluding carboxylic acids is 4. The second-order valence-corrected chi connectivity index (χ2v) is 8.19. The third-order valence-electron chi connectivity index (χ3n) is 6.56. The van der Waals surface area contributed by atoms with Crippen molar-refractivity contribution in [1.29, 1.82) is 0 Å². The third-order valence-corrected chi connectivity index (χ3v) is 6.56. The number of hydrogen-bond donors (Lipinski definition) is 2. The second kappa shape index (κ2) is 5.66. The maximum atomic E-state index is 15.2. The zero-order chi connectivity index (χ0) is 23.8. The van der Waals surface area contributed by atoms with E-state index >= 15 is 17.6 Å². The summed E-state index contributed by atoms with van der Waals surface area (Å²) in [4.78, 5) is 49.6. The fraction of sp³-hybridized carbons (Fsp3) is 0. The van der Waals surface area contributed by atoms with Crippen LogP contribution >= 0.6 is 0 Å². The van der Waals surface area contributed by atoms with Gasteiger partial charge >= 0.3 is 0 Å². The first-order valence-corrected chi connectivity index (χ1v) is 9.88. The van der Waals surface area contributed by atoms with Gasteiger partial charge in [0.05, 0.1) is 22.3 Å². The molecule has 2 aliphatic rings. The van der Waals surface area contributed by atoms with Gasteiger partial charge in [0, 0.05) is 10.8 Å². The van der Waals surface area contributed by atoms with Crippen molar-refractivity contribution < 1.29 is 36.7 Å². The molecule has 0 aromatic heterocycles. The first kappa shape index (κ1) is 18.9. The van der Waals surface area contributed by atoms with Crippen LogP contribution in [0.5, 0.6) is 0 Å². The molecule has 0 aliphatic carbocycles. The molecule has 7 rings (SSSR count). The highest BCUT2D eigenvalue weighted by molar-refractivity contribution is 6.41. The van der Waals surface area contributed by atoms with Crippen molar-refractivity contribution in [3.63, 3.8) is 0 Å². The summed E-state index contributed by atoms with van der Waals surface area (Å²) in [6, 6.07) is 3.75. The smallest absolute Gasteiger partial charge is 0.261 e. The minimum absolute atomic E-state index is 0.00365. The average Bonchev–Trinajstić information content (AvgIpc) is 2.74. The van der Waals surface area contributed by atoms with E-state index in [4.69, 9.17) is 0 Å². The number of rotatable bonds is 0. The monoisotopic (exact) mass is 462 g/mol. The van der Waals surface area contributed by atoms with Crippen molar-refractivity contribution >= 4 is 66.7 Å². The summed E-state index contributed by atoms with van der Waals surface area (Å²) in [6.07, 6.45) is 0. The molecule has 0 bridgehead atoms. The molecular weight excluding hydrogens is 456 g/mol. The summed E-state index contributed by atoms with van der Waals surface area (Å²) in [5, 5.41) is 3.27. The van der Waals surface area contributed by atoms with Gasteiger partial charge in [-0.2, -0.15) is 0 Å². The molecule has 34 heavy (non-hydrogen) atoms. The molecule has 0 atom stereocenters. The van der Waals surface area contributed by atoms with Crippen molar-refractivity contribution in [2.75, 3.05) is 0 Å². The molecule has 0 saturated heterocycles. The fourth-order valence-electron chi connectivity index (χ4n) is 5.33. The molecule has 2 aliphatic heterocycles. The van der Waals surface area contributed by atoms with E-state index in [1.165, 1.54) is 0 Å². The zero-order valence-corrected chi connectivity index (χ0v) is 16.5. The van der Waals surface area contributed by atoms with Crippen LogP contribution in [-0.2, 0) is 0 Å². The number of halogens is 4. The van der Waals surface area contributed by atoms with Gasteiger partial charge in [-0.1, -0.05) is 0 Å². The first-order chi connectivity index (χ1) is 16.2. The Labute approximate surface area is 184 Å². The van der Waals surface area contributed by atoms with Gasteiger partial charge in [-0.25, -0.2) is 17.6 Å². The van der Waals surface area contributed by atoms with Crippen LogP contribution in [0.2, 0.25) is 0 Å². The molecule has 2 heterocycles. The van der Waals surface area contributed by atoms with Crippen molar-refractivity contribution in [2.24, 2.45) is 0 Å². The highest BCUT2D eigenvalue weighted by Crippen LogP contribution is 2.47. The van der Waals surface area contributed by atoms with E-state index in [0.717, 1.165) is 24.3 Å². The molecule has 2 N–H and O–H groups in total. The molecule has 0 saturated carbocycles. The number of nitrogens with one attached hydrogen (secondary N) is 2. The van der Waals surface area contributed by atoms with Crippen LogP contribution in [-0.4, -0.2) is 23.6 Å². The quantitative estimate of drug-likeness (QED) is 0.157. The predicted molar refractivity (Wildman–Crippen MR) is 111 cm³/mol. The van der Waals surface area contributed by atoms with E-state index < -0.39 is 69.2 Å². The van der Waals surface area contributed by atoms with E-state index in [-0.39, 0.29) is 43.1 Å². The Hall–Kier alpha value is -4.60. The third kappa shape index (κ3) is 1.93. The van der Waals surface area contributed by atoms with E-state index in [1.807, 2.05) is 10.6 Å². The summed E-state index contributed by atoms with van der Waals surface area (Å²) < 4.78 is 60.7. The van der Waals surface area contributed by atoms with Gasteiger partial charge in [-0.3, -0.25) is 29.8 Å². The van der Waals surface area contributed by atoms with Gasteiger partial charge in [-0.15, -0.1) is 0 Å². The van der Waals surface area contributed by atoms with Gasteiger partial charge in [0.1, 0.15) is 23.3 Å². The van der Waals surface area contributed by atoms with Crippen molar-refractivity contribution in [3.8, 4) is 0 Å². The van der Waals surface area contributed by atoms with Gasteiger partial charge in [0.25, 0.3) is 23.6 Å². The molecular formula is C24H6F4N2O4. The van der Waals surface area contributed by atoms with Crippen LogP contribution in [0.1, 0.15) is 41.4 Å². The molecule has 10 heteroatoms. The minimum atomic E-state index is -1.09. The van der Waals surface area contributed by atoms with Gasteiger partial charge in [0.15, 0.2) is 0 Å². The van der Waals surface area contributed by atoms with Crippen LogP contribution in [0, 0.1) is 23.3 Å². The summed E-state index contributed by atoms with van der Waals surface area (Å²) in [7, 11) is 0. The standard InChI is InChI=1S/C24H6F4N2O4/c25-9-1-5-6-2-10(26)17-20-14(6)8(4-12(28)18(20)24(34)30-23(17)33)7-3-11(27)16-19(13(5)7)15(9)21(31)29-22(16)32/h1-4H,(H,29,31,32)(H,30,33,34). The lowest BCUT2D eigenvalue weighted by Crippen LogP contribution is -2.36. The Balaban J connectivity index is 1.89. The number of fused-ring (bicyclic) bond motifs is 2. The molecule has 6 nitrogen and oxygen atoms in total. The SMILES string of the molecule is O=C1NC(=O)c2c(F)cc3c4cc(F)c5c6c(c(F)cc(c7cc(F)c1c2c73)c64)C(=O)NC5=O. The molecule has 0 fully saturated rings.